The van der Waals surface area contributed by atoms with E-state index in [4.69, 9.17) is 28.2 Å². The summed E-state index contributed by atoms with van der Waals surface area (Å²) in [4.78, 5) is 9.23. The monoisotopic (exact) mass is 464 g/mol. The zero-order valence-electron chi connectivity index (χ0n) is 19.3. The van der Waals surface area contributed by atoms with Gasteiger partial charge in [0.15, 0.2) is 0 Å². The first-order valence-corrected chi connectivity index (χ1v) is 11.8. The van der Waals surface area contributed by atoms with Gasteiger partial charge in [-0.3, -0.25) is 4.68 Å². The second kappa shape index (κ2) is 8.33. The summed E-state index contributed by atoms with van der Waals surface area (Å²) in [5, 5.41) is 11.1. The van der Waals surface area contributed by atoms with Crippen molar-refractivity contribution in [2.24, 2.45) is 13.0 Å². The van der Waals surface area contributed by atoms with Gasteiger partial charge in [-0.2, -0.15) is 24.8 Å². The van der Waals surface area contributed by atoms with Crippen molar-refractivity contribution in [3.63, 3.8) is 0 Å². The summed E-state index contributed by atoms with van der Waals surface area (Å²) in [6.45, 7) is 3.90. The van der Waals surface area contributed by atoms with Gasteiger partial charge in [-0.15, -0.1) is 0 Å². The standard InChI is InChI=1S/C24H29ClN8/c1-13-20(14(2)32(3)30-13)21-22(26)28-24(29-23(21)27)33-19-11-9-16(25)12-17(19)18(31-33)10-8-15-6-4-5-7-15/h9,11-12,15H,4-8,10H2,1-3H3,(H4,26,27,28,29). The van der Waals surface area contributed by atoms with E-state index in [0.717, 1.165) is 52.3 Å². The number of aryl methyl sites for hydroxylation is 3. The van der Waals surface area contributed by atoms with Gasteiger partial charge in [0.25, 0.3) is 5.95 Å². The summed E-state index contributed by atoms with van der Waals surface area (Å²) in [7, 11) is 1.89. The van der Waals surface area contributed by atoms with Crippen LogP contribution in [0.2, 0.25) is 5.02 Å². The van der Waals surface area contributed by atoms with E-state index in [1.54, 1.807) is 9.36 Å². The molecule has 0 spiro atoms. The third-order valence-electron chi connectivity index (χ3n) is 6.88. The van der Waals surface area contributed by atoms with Crippen LogP contribution in [0.15, 0.2) is 18.2 Å². The lowest BCUT2D eigenvalue weighted by Gasteiger charge is -2.11. The highest BCUT2D eigenvalue weighted by molar-refractivity contribution is 6.31. The van der Waals surface area contributed by atoms with Crippen molar-refractivity contribution in [2.75, 3.05) is 11.5 Å². The van der Waals surface area contributed by atoms with Crippen molar-refractivity contribution in [3.8, 4) is 17.1 Å². The fourth-order valence-corrected chi connectivity index (χ4v) is 5.27. The highest BCUT2D eigenvalue weighted by Crippen LogP contribution is 2.36. The molecule has 0 amide bonds. The van der Waals surface area contributed by atoms with Crippen molar-refractivity contribution in [2.45, 2.75) is 52.4 Å². The van der Waals surface area contributed by atoms with Gasteiger partial charge in [-0.1, -0.05) is 37.3 Å². The summed E-state index contributed by atoms with van der Waals surface area (Å²) in [6.07, 6.45) is 7.31. The number of anilines is 2. The van der Waals surface area contributed by atoms with E-state index in [0.29, 0.717) is 28.2 Å². The minimum Gasteiger partial charge on any atom is -0.383 e. The Kier molecular flexibility index (Phi) is 5.48. The second-order valence-corrected chi connectivity index (χ2v) is 9.48. The molecule has 172 valence electrons. The van der Waals surface area contributed by atoms with Crippen LogP contribution in [-0.2, 0) is 13.5 Å². The number of nitrogens with two attached hydrogens (primary N) is 2. The van der Waals surface area contributed by atoms with E-state index in [9.17, 15) is 0 Å². The van der Waals surface area contributed by atoms with Gasteiger partial charge in [0.2, 0.25) is 0 Å². The molecule has 4 N–H and O–H groups in total. The van der Waals surface area contributed by atoms with Crippen molar-refractivity contribution in [1.29, 1.82) is 0 Å². The van der Waals surface area contributed by atoms with Crippen molar-refractivity contribution >= 4 is 34.1 Å². The lowest BCUT2D eigenvalue weighted by atomic mass is 9.99. The fourth-order valence-electron chi connectivity index (χ4n) is 5.10. The number of fused-ring (bicyclic) bond motifs is 1. The Morgan fingerprint density at radius 3 is 2.36 bits per heavy atom. The fraction of sp³-hybridized carbons (Fsp3) is 0.417. The molecule has 0 unspecified atom stereocenters. The zero-order chi connectivity index (χ0) is 23.3. The molecule has 8 nitrogen and oxygen atoms in total. The third-order valence-corrected chi connectivity index (χ3v) is 7.12. The van der Waals surface area contributed by atoms with Gasteiger partial charge in [-0.05, 0) is 50.8 Å². The highest BCUT2D eigenvalue weighted by atomic mass is 35.5. The summed E-state index contributed by atoms with van der Waals surface area (Å²) >= 11 is 6.33. The minimum absolute atomic E-state index is 0.307. The maximum Gasteiger partial charge on any atom is 0.255 e. The Morgan fingerprint density at radius 1 is 1.03 bits per heavy atom. The smallest absolute Gasteiger partial charge is 0.255 e. The average molecular weight is 465 g/mol. The number of hydrogen-bond acceptors (Lipinski definition) is 6. The quantitative estimate of drug-likeness (QED) is 0.439. The Morgan fingerprint density at radius 2 is 1.73 bits per heavy atom. The predicted octanol–water partition coefficient (Wildman–Crippen LogP) is 4.77. The molecule has 1 aliphatic carbocycles. The van der Waals surface area contributed by atoms with Gasteiger partial charge in [0.1, 0.15) is 11.6 Å². The normalized spacial score (nSPS) is 14.5. The molecule has 1 fully saturated rings. The lowest BCUT2D eigenvalue weighted by molar-refractivity contribution is 0.500. The molecule has 0 aliphatic heterocycles. The summed E-state index contributed by atoms with van der Waals surface area (Å²) < 4.78 is 3.54. The molecule has 0 radical (unpaired) electrons. The third kappa shape index (κ3) is 3.82. The van der Waals surface area contributed by atoms with Gasteiger partial charge in [0.05, 0.1) is 22.5 Å². The van der Waals surface area contributed by atoms with Crippen molar-refractivity contribution in [1.82, 2.24) is 29.5 Å². The van der Waals surface area contributed by atoms with Gasteiger partial charge in [0, 0.05) is 28.7 Å². The van der Waals surface area contributed by atoms with E-state index < -0.39 is 0 Å². The van der Waals surface area contributed by atoms with E-state index in [1.165, 1.54) is 25.7 Å². The van der Waals surface area contributed by atoms with E-state index in [1.807, 2.05) is 39.1 Å². The molecule has 4 aromatic rings. The Labute approximate surface area is 198 Å². The van der Waals surface area contributed by atoms with Crippen molar-refractivity contribution in [3.05, 3.63) is 40.3 Å². The molecule has 0 bridgehead atoms. The first-order chi connectivity index (χ1) is 15.8. The number of rotatable bonds is 5. The molecule has 1 saturated carbocycles. The van der Waals surface area contributed by atoms with Crippen LogP contribution < -0.4 is 11.5 Å². The number of hydrogen-bond donors (Lipinski definition) is 2. The Balaban J connectivity index is 1.59. The number of benzene rings is 1. The summed E-state index contributed by atoms with van der Waals surface area (Å²) in [6, 6.07) is 5.77. The summed E-state index contributed by atoms with van der Waals surface area (Å²) in [5.41, 5.74) is 18.0. The molecular formula is C24H29ClN8. The van der Waals surface area contributed by atoms with Crippen LogP contribution in [0, 0.1) is 19.8 Å². The van der Waals surface area contributed by atoms with Crippen LogP contribution in [-0.4, -0.2) is 29.5 Å². The maximum atomic E-state index is 6.42. The number of aromatic nitrogens is 6. The second-order valence-electron chi connectivity index (χ2n) is 9.05. The predicted molar refractivity (Wildman–Crippen MR) is 132 cm³/mol. The number of nitrogen functional groups attached to an aromatic ring is 2. The van der Waals surface area contributed by atoms with Gasteiger partial charge >= 0.3 is 0 Å². The molecule has 0 atom stereocenters. The topological polar surface area (TPSA) is 113 Å². The molecule has 9 heteroatoms. The molecule has 5 rings (SSSR count). The van der Waals surface area contributed by atoms with E-state index in [-0.39, 0.29) is 0 Å². The lowest BCUT2D eigenvalue weighted by Crippen LogP contribution is -2.10. The average Bonchev–Trinajstić information content (AvgIpc) is 3.46. The number of halogens is 1. The van der Waals surface area contributed by atoms with Crippen molar-refractivity contribution < 1.29 is 0 Å². The first-order valence-electron chi connectivity index (χ1n) is 11.4. The molecular weight excluding hydrogens is 436 g/mol. The van der Waals surface area contributed by atoms with Crippen LogP contribution in [0.1, 0.15) is 49.2 Å². The van der Waals surface area contributed by atoms with Crippen LogP contribution >= 0.6 is 11.6 Å². The Hall–Kier alpha value is -3.13. The zero-order valence-corrected chi connectivity index (χ0v) is 20.0. The molecule has 1 aliphatic rings. The molecule has 0 saturated heterocycles. The SMILES string of the molecule is Cc1nn(C)c(C)c1-c1c(N)nc(-n2nc(CCC3CCCC3)c3cc(Cl)ccc32)nc1N. The molecule has 1 aromatic carbocycles. The van der Waals surface area contributed by atoms with E-state index in [2.05, 4.69) is 15.1 Å². The molecule has 33 heavy (non-hydrogen) atoms. The molecule has 3 heterocycles. The van der Waals surface area contributed by atoms with Crippen LogP contribution in [0.4, 0.5) is 11.6 Å². The first kappa shape index (κ1) is 21.7. The van der Waals surface area contributed by atoms with E-state index >= 15 is 0 Å². The van der Waals surface area contributed by atoms with Crippen LogP contribution in [0.5, 0.6) is 0 Å². The maximum absolute atomic E-state index is 6.42. The van der Waals surface area contributed by atoms with Gasteiger partial charge < -0.3 is 11.5 Å². The van der Waals surface area contributed by atoms with Crippen LogP contribution in [0.3, 0.4) is 0 Å². The van der Waals surface area contributed by atoms with Gasteiger partial charge in [-0.25, -0.2) is 0 Å². The molecule has 3 aromatic heterocycles. The van der Waals surface area contributed by atoms with Crippen LogP contribution in [0.25, 0.3) is 28.0 Å². The largest absolute Gasteiger partial charge is 0.383 e. The summed E-state index contributed by atoms with van der Waals surface area (Å²) in [5.74, 6) is 1.74. The minimum atomic E-state index is 0.307. The number of nitrogens with zero attached hydrogens (tertiary/aromatic N) is 6. The Bertz CT molecular complexity index is 1320. The highest BCUT2D eigenvalue weighted by Gasteiger charge is 2.23.